The van der Waals surface area contributed by atoms with E-state index in [4.69, 9.17) is 0 Å². The summed E-state index contributed by atoms with van der Waals surface area (Å²) in [5.74, 6) is -2.52. The van der Waals surface area contributed by atoms with E-state index in [-0.39, 0.29) is 5.56 Å². The van der Waals surface area contributed by atoms with Crippen molar-refractivity contribution in [2.24, 2.45) is 0 Å². The van der Waals surface area contributed by atoms with E-state index in [9.17, 15) is 13.6 Å². The number of carbonyl (C=O) groups excluding carboxylic acids is 1. The molecule has 0 saturated carbocycles. The summed E-state index contributed by atoms with van der Waals surface area (Å²) < 4.78 is 26.0. The fraction of sp³-hybridized carbons (Fsp3) is 0. The SMILES string of the molecule is O=C(Nc1cccc2cc[nH]c12)c1ccc(F)c(F)c1. The van der Waals surface area contributed by atoms with Crippen LogP contribution >= 0.6 is 0 Å². The fourth-order valence-corrected chi connectivity index (χ4v) is 2.02. The number of hydrogen-bond donors (Lipinski definition) is 2. The summed E-state index contributed by atoms with van der Waals surface area (Å²) in [7, 11) is 0. The summed E-state index contributed by atoms with van der Waals surface area (Å²) in [5.41, 5.74) is 1.43. The zero-order valence-electron chi connectivity index (χ0n) is 10.3. The second-order valence-electron chi connectivity index (χ2n) is 4.33. The number of anilines is 1. The van der Waals surface area contributed by atoms with Crippen LogP contribution in [0.3, 0.4) is 0 Å². The molecule has 0 bridgehead atoms. The topological polar surface area (TPSA) is 44.9 Å². The number of rotatable bonds is 2. The van der Waals surface area contributed by atoms with Crippen LogP contribution in [0.4, 0.5) is 14.5 Å². The van der Waals surface area contributed by atoms with Crippen LogP contribution in [-0.4, -0.2) is 10.9 Å². The maximum Gasteiger partial charge on any atom is 0.255 e. The number of nitrogens with one attached hydrogen (secondary N) is 2. The Labute approximate surface area is 113 Å². The van der Waals surface area contributed by atoms with Gasteiger partial charge in [-0.3, -0.25) is 4.79 Å². The molecule has 0 fully saturated rings. The third-order valence-corrected chi connectivity index (χ3v) is 3.02. The molecule has 3 rings (SSSR count). The molecular weight excluding hydrogens is 262 g/mol. The predicted octanol–water partition coefficient (Wildman–Crippen LogP) is 3.70. The second-order valence-corrected chi connectivity index (χ2v) is 4.33. The Morgan fingerprint density at radius 2 is 1.90 bits per heavy atom. The van der Waals surface area contributed by atoms with E-state index in [1.165, 1.54) is 6.07 Å². The first kappa shape index (κ1) is 12.3. The monoisotopic (exact) mass is 272 g/mol. The molecule has 0 radical (unpaired) electrons. The molecule has 0 aliphatic heterocycles. The van der Waals surface area contributed by atoms with Gasteiger partial charge in [0.15, 0.2) is 11.6 Å². The number of halogens is 2. The number of hydrogen-bond acceptors (Lipinski definition) is 1. The van der Waals surface area contributed by atoms with Crippen LogP contribution in [0.25, 0.3) is 10.9 Å². The standard InChI is InChI=1S/C15H10F2N2O/c16-11-5-4-10(8-12(11)17)15(20)19-13-3-1-2-9-6-7-18-14(9)13/h1-8,18H,(H,19,20). The van der Waals surface area contributed by atoms with Crippen molar-refractivity contribution in [2.75, 3.05) is 5.32 Å². The third kappa shape index (κ3) is 2.14. The lowest BCUT2D eigenvalue weighted by Crippen LogP contribution is -2.12. The second kappa shape index (κ2) is 4.77. The number of fused-ring (bicyclic) bond motifs is 1. The molecule has 0 aliphatic rings. The molecule has 1 amide bonds. The van der Waals surface area contributed by atoms with E-state index in [1.54, 1.807) is 18.3 Å². The Morgan fingerprint density at radius 3 is 2.70 bits per heavy atom. The highest BCUT2D eigenvalue weighted by molar-refractivity contribution is 6.08. The van der Waals surface area contributed by atoms with Gasteiger partial charge >= 0.3 is 0 Å². The molecule has 1 heterocycles. The van der Waals surface area contributed by atoms with Crippen molar-refractivity contribution in [3.05, 3.63) is 65.9 Å². The zero-order valence-corrected chi connectivity index (χ0v) is 10.3. The van der Waals surface area contributed by atoms with E-state index >= 15 is 0 Å². The normalized spacial score (nSPS) is 10.7. The van der Waals surface area contributed by atoms with E-state index < -0.39 is 17.5 Å². The highest BCUT2D eigenvalue weighted by Gasteiger charge is 2.11. The number of H-pyrrole nitrogens is 1. The lowest BCUT2D eigenvalue weighted by atomic mass is 10.2. The van der Waals surface area contributed by atoms with Gasteiger partial charge in [0.25, 0.3) is 5.91 Å². The smallest absolute Gasteiger partial charge is 0.255 e. The summed E-state index contributed by atoms with van der Waals surface area (Å²) in [6.45, 7) is 0. The minimum atomic E-state index is -1.05. The van der Waals surface area contributed by atoms with Crippen molar-refractivity contribution in [3.63, 3.8) is 0 Å². The molecule has 5 heteroatoms. The zero-order chi connectivity index (χ0) is 14.1. The Hall–Kier alpha value is -2.69. The molecule has 0 aliphatic carbocycles. The highest BCUT2D eigenvalue weighted by atomic mass is 19.2. The number of benzene rings is 2. The van der Waals surface area contributed by atoms with Crippen LogP contribution in [0.1, 0.15) is 10.4 Å². The van der Waals surface area contributed by atoms with Gasteiger partial charge in [0.2, 0.25) is 0 Å². The largest absolute Gasteiger partial charge is 0.359 e. The van der Waals surface area contributed by atoms with Crippen LogP contribution in [0, 0.1) is 11.6 Å². The van der Waals surface area contributed by atoms with Crippen LogP contribution in [0.2, 0.25) is 0 Å². The number of amides is 1. The molecule has 2 aromatic carbocycles. The van der Waals surface area contributed by atoms with Crippen molar-refractivity contribution in [2.45, 2.75) is 0 Å². The Balaban J connectivity index is 1.92. The van der Waals surface area contributed by atoms with Gasteiger partial charge in [-0.2, -0.15) is 0 Å². The molecule has 1 aromatic heterocycles. The van der Waals surface area contributed by atoms with Crippen molar-refractivity contribution in [3.8, 4) is 0 Å². The van der Waals surface area contributed by atoms with E-state index in [1.807, 2.05) is 12.1 Å². The van der Waals surface area contributed by atoms with Gasteiger partial charge in [0.1, 0.15) is 0 Å². The number of aromatic nitrogens is 1. The minimum Gasteiger partial charge on any atom is -0.359 e. The average molecular weight is 272 g/mol. The van der Waals surface area contributed by atoms with Gasteiger partial charge < -0.3 is 10.3 Å². The first-order valence-electron chi connectivity index (χ1n) is 5.97. The third-order valence-electron chi connectivity index (χ3n) is 3.02. The van der Waals surface area contributed by atoms with Gasteiger partial charge in [-0.05, 0) is 30.3 Å². The van der Waals surface area contributed by atoms with Crippen molar-refractivity contribution in [1.29, 1.82) is 0 Å². The molecule has 20 heavy (non-hydrogen) atoms. The number of carbonyl (C=O) groups is 1. The Morgan fingerprint density at radius 1 is 1.05 bits per heavy atom. The predicted molar refractivity (Wildman–Crippen MR) is 72.6 cm³/mol. The maximum absolute atomic E-state index is 13.1. The van der Waals surface area contributed by atoms with Gasteiger partial charge in [-0.15, -0.1) is 0 Å². The lowest BCUT2D eigenvalue weighted by molar-refractivity contribution is 0.102. The van der Waals surface area contributed by atoms with Crippen LogP contribution in [-0.2, 0) is 0 Å². The van der Waals surface area contributed by atoms with Crippen molar-refractivity contribution < 1.29 is 13.6 Å². The molecule has 3 aromatic rings. The lowest BCUT2D eigenvalue weighted by Gasteiger charge is -2.07. The van der Waals surface area contributed by atoms with Gasteiger partial charge in [0, 0.05) is 17.1 Å². The first-order chi connectivity index (χ1) is 9.65. The molecule has 0 saturated heterocycles. The van der Waals surface area contributed by atoms with Crippen LogP contribution in [0.15, 0.2) is 48.7 Å². The quantitative estimate of drug-likeness (QED) is 0.734. The summed E-state index contributed by atoms with van der Waals surface area (Å²) in [6, 6.07) is 10.4. The first-order valence-corrected chi connectivity index (χ1v) is 5.97. The van der Waals surface area contributed by atoms with Crippen molar-refractivity contribution in [1.82, 2.24) is 4.98 Å². The molecule has 2 N–H and O–H groups in total. The summed E-state index contributed by atoms with van der Waals surface area (Å²) >= 11 is 0. The summed E-state index contributed by atoms with van der Waals surface area (Å²) in [4.78, 5) is 15.0. The summed E-state index contributed by atoms with van der Waals surface area (Å²) in [6.07, 6.45) is 1.76. The van der Waals surface area contributed by atoms with E-state index in [0.29, 0.717) is 5.69 Å². The molecule has 100 valence electrons. The number of para-hydroxylation sites is 1. The summed E-state index contributed by atoms with van der Waals surface area (Å²) in [5, 5.41) is 3.63. The number of aromatic amines is 1. The van der Waals surface area contributed by atoms with Crippen molar-refractivity contribution >= 4 is 22.5 Å². The van der Waals surface area contributed by atoms with E-state index in [2.05, 4.69) is 10.3 Å². The molecular formula is C15H10F2N2O. The Kier molecular flexibility index (Phi) is 2.95. The maximum atomic E-state index is 13.1. The van der Waals surface area contributed by atoms with Gasteiger partial charge in [-0.1, -0.05) is 12.1 Å². The molecule has 3 nitrogen and oxygen atoms in total. The van der Waals surface area contributed by atoms with Gasteiger partial charge in [-0.25, -0.2) is 8.78 Å². The fourth-order valence-electron chi connectivity index (χ4n) is 2.02. The van der Waals surface area contributed by atoms with E-state index in [0.717, 1.165) is 23.0 Å². The minimum absolute atomic E-state index is 0.0625. The molecule has 0 atom stereocenters. The van der Waals surface area contributed by atoms with Crippen LogP contribution < -0.4 is 5.32 Å². The Bertz CT molecular complexity index is 795. The molecule has 0 spiro atoms. The van der Waals surface area contributed by atoms with Gasteiger partial charge in [0.05, 0.1) is 11.2 Å². The molecule has 0 unspecified atom stereocenters. The highest BCUT2D eigenvalue weighted by Crippen LogP contribution is 2.22. The van der Waals surface area contributed by atoms with Crippen LogP contribution in [0.5, 0.6) is 0 Å². The average Bonchev–Trinajstić information content (AvgIpc) is 2.91.